The fourth-order valence-electron chi connectivity index (χ4n) is 3.50. The highest BCUT2D eigenvalue weighted by atomic mass is 16.6. The molecular formula is C20H36N4O4. The summed E-state index contributed by atoms with van der Waals surface area (Å²) in [5.74, 6) is -0.113. The van der Waals surface area contributed by atoms with Gasteiger partial charge in [0, 0.05) is 51.6 Å². The number of carbonyl (C=O) groups is 3. The topological polar surface area (TPSA) is 82.2 Å². The molecule has 1 unspecified atom stereocenters. The molecule has 28 heavy (non-hydrogen) atoms. The van der Waals surface area contributed by atoms with Gasteiger partial charge in [-0.1, -0.05) is 0 Å². The molecule has 8 nitrogen and oxygen atoms in total. The smallest absolute Gasteiger partial charge is 0.410 e. The van der Waals surface area contributed by atoms with Crippen LogP contribution >= 0.6 is 0 Å². The molecule has 2 heterocycles. The average molecular weight is 397 g/mol. The molecule has 0 aliphatic carbocycles. The van der Waals surface area contributed by atoms with E-state index in [0.717, 1.165) is 13.1 Å². The summed E-state index contributed by atoms with van der Waals surface area (Å²) >= 11 is 0. The number of ether oxygens (including phenoxy) is 1. The SMILES string of the molecule is CC(CNC(=O)CCC(=O)N1CCN(C(=O)OC(C)(C)C)CC1)N1CCCC1. The normalized spacial score (nSPS) is 19.4. The molecule has 0 aromatic carbocycles. The van der Waals surface area contributed by atoms with E-state index < -0.39 is 5.60 Å². The van der Waals surface area contributed by atoms with Gasteiger partial charge < -0.3 is 19.9 Å². The molecule has 0 aromatic heterocycles. The van der Waals surface area contributed by atoms with Crippen molar-refractivity contribution in [1.82, 2.24) is 20.0 Å². The fraction of sp³-hybridized carbons (Fsp3) is 0.850. The van der Waals surface area contributed by atoms with E-state index in [1.165, 1.54) is 12.8 Å². The summed E-state index contributed by atoms with van der Waals surface area (Å²) in [5.41, 5.74) is -0.524. The first kappa shape index (κ1) is 22.5. The van der Waals surface area contributed by atoms with E-state index in [9.17, 15) is 14.4 Å². The van der Waals surface area contributed by atoms with Crippen LogP contribution in [0.3, 0.4) is 0 Å². The highest BCUT2D eigenvalue weighted by Gasteiger charge is 2.27. The molecule has 2 fully saturated rings. The van der Waals surface area contributed by atoms with Crippen LogP contribution in [0.25, 0.3) is 0 Å². The minimum absolute atomic E-state index is 0.0356. The van der Waals surface area contributed by atoms with Gasteiger partial charge in [0.15, 0.2) is 0 Å². The lowest BCUT2D eigenvalue weighted by molar-refractivity contribution is -0.135. The Bertz CT molecular complexity index is 547. The molecule has 1 atom stereocenters. The van der Waals surface area contributed by atoms with Gasteiger partial charge >= 0.3 is 6.09 Å². The van der Waals surface area contributed by atoms with E-state index in [2.05, 4.69) is 17.1 Å². The van der Waals surface area contributed by atoms with Gasteiger partial charge in [-0.15, -0.1) is 0 Å². The lowest BCUT2D eigenvalue weighted by Crippen LogP contribution is -2.51. The predicted octanol–water partition coefficient (Wildman–Crippen LogP) is 1.45. The average Bonchev–Trinajstić information content (AvgIpc) is 3.17. The molecule has 0 spiro atoms. The number of hydrogen-bond acceptors (Lipinski definition) is 5. The largest absolute Gasteiger partial charge is 0.444 e. The van der Waals surface area contributed by atoms with E-state index in [-0.39, 0.29) is 30.7 Å². The number of nitrogens with zero attached hydrogens (tertiary/aromatic N) is 3. The molecule has 0 radical (unpaired) electrons. The number of piperazine rings is 1. The third-order valence-corrected chi connectivity index (χ3v) is 5.21. The Morgan fingerprint density at radius 3 is 2.07 bits per heavy atom. The van der Waals surface area contributed by atoms with Gasteiger partial charge in [0.2, 0.25) is 11.8 Å². The molecule has 2 aliphatic heterocycles. The number of nitrogens with one attached hydrogen (secondary N) is 1. The first-order valence-electron chi connectivity index (χ1n) is 10.4. The third kappa shape index (κ3) is 7.30. The summed E-state index contributed by atoms with van der Waals surface area (Å²) in [5, 5.41) is 2.94. The maximum atomic E-state index is 12.4. The van der Waals surface area contributed by atoms with Crippen LogP contribution in [0.4, 0.5) is 4.79 Å². The Morgan fingerprint density at radius 2 is 1.50 bits per heavy atom. The number of amides is 3. The summed E-state index contributed by atoms with van der Waals surface area (Å²) in [6.07, 6.45) is 2.53. The predicted molar refractivity (Wildman–Crippen MR) is 107 cm³/mol. The Morgan fingerprint density at radius 1 is 0.929 bits per heavy atom. The quantitative estimate of drug-likeness (QED) is 0.735. The van der Waals surface area contributed by atoms with Crippen molar-refractivity contribution in [2.75, 3.05) is 45.8 Å². The van der Waals surface area contributed by atoms with Crippen molar-refractivity contribution in [2.45, 2.75) is 65.0 Å². The molecule has 0 aromatic rings. The molecular weight excluding hydrogens is 360 g/mol. The van der Waals surface area contributed by atoms with E-state index in [1.54, 1.807) is 9.80 Å². The van der Waals surface area contributed by atoms with E-state index in [1.807, 2.05) is 20.8 Å². The highest BCUT2D eigenvalue weighted by molar-refractivity contribution is 5.84. The van der Waals surface area contributed by atoms with Crippen molar-refractivity contribution in [3.63, 3.8) is 0 Å². The van der Waals surface area contributed by atoms with Crippen LogP contribution < -0.4 is 5.32 Å². The van der Waals surface area contributed by atoms with Gasteiger partial charge in [-0.05, 0) is 53.6 Å². The van der Waals surface area contributed by atoms with Gasteiger partial charge in [-0.2, -0.15) is 0 Å². The van der Waals surface area contributed by atoms with Crippen molar-refractivity contribution in [2.24, 2.45) is 0 Å². The summed E-state index contributed by atoms with van der Waals surface area (Å²) in [4.78, 5) is 42.2. The molecule has 8 heteroatoms. The zero-order valence-electron chi connectivity index (χ0n) is 17.8. The van der Waals surface area contributed by atoms with Crippen molar-refractivity contribution in [3.05, 3.63) is 0 Å². The minimum atomic E-state index is -0.524. The Labute approximate surface area is 168 Å². The van der Waals surface area contributed by atoms with Gasteiger partial charge in [-0.3, -0.25) is 14.5 Å². The Hall–Kier alpha value is -1.83. The summed E-state index contributed by atoms with van der Waals surface area (Å²) in [6.45, 7) is 12.3. The molecule has 2 rings (SSSR count). The molecule has 1 N–H and O–H groups in total. The van der Waals surface area contributed by atoms with Crippen molar-refractivity contribution in [1.29, 1.82) is 0 Å². The second-order valence-electron chi connectivity index (χ2n) is 8.74. The summed E-state index contributed by atoms with van der Waals surface area (Å²) < 4.78 is 5.36. The van der Waals surface area contributed by atoms with Gasteiger partial charge in [0.1, 0.15) is 5.60 Å². The van der Waals surface area contributed by atoms with Gasteiger partial charge in [-0.25, -0.2) is 4.79 Å². The maximum absolute atomic E-state index is 12.4. The van der Waals surface area contributed by atoms with E-state index in [4.69, 9.17) is 4.74 Å². The first-order valence-corrected chi connectivity index (χ1v) is 10.4. The third-order valence-electron chi connectivity index (χ3n) is 5.21. The fourth-order valence-corrected chi connectivity index (χ4v) is 3.50. The maximum Gasteiger partial charge on any atom is 0.410 e. The van der Waals surface area contributed by atoms with Crippen LogP contribution in [0.15, 0.2) is 0 Å². The molecule has 2 aliphatic rings. The van der Waals surface area contributed by atoms with Crippen LogP contribution in [-0.4, -0.2) is 90.1 Å². The molecule has 160 valence electrons. The second-order valence-corrected chi connectivity index (χ2v) is 8.74. The number of likely N-dealkylation sites (tertiary alicyclic amines) is 1. The first-order chi connectivity index (χ1) is 13.2. The van der Waals surface area contributed by atoms with Crippen LogP contribution in [-0.2, 0) is 14.3 Å². The zero-order chi connectivity index (χ0) is 20.7. The number of hydrogen-bond donors (Lipinski definition) is 1. The van der Waals surface area contributed by atoms with Crippen LogP contribution in [0.5, 0.6) is 0 Å². The Balaban J connectivity index is 1.63. The lowest BCUT2D eigenvalue weighted by atomic mass is 10.2. The highest BCUT2D eigenvalue weighted by Crippen LogP contribution is 2.13. The number of rotatable bonds is 6. The zero-order valence-corrected chi connectivity index (χ0v) is 17.8. The van der Waals surface area contributed by atoms with E-state index >= 15 is 0 Å². The Kier molecular flexibility index (Phi) is 8.10. The van der Waals surface area contributed by atoms with E-state index in [0.29, 0.717) is 38.8 Å². The minimum Gasteiger partial charge on any atom is -0.444 e. The van der Waals surface area contributed by atoms with Crippen LogP contribution in [0, 0.1) is 0 Å². The van der Waals surface area contributed by atoms with Crippen molar-refractivity contribution < 1.29 is 19.1 Å². The monoisotopic (exact) mass is 396 g/mol. The molecule has 0 saturated carbocycles. The van der Waals surface area contributed by atoms with Crippen LogP contribution in [0.2, 0.25) is 0 Å². The van der Waals surface area contributed by atoms with Crippen molar-refractivity contribution in [3.8, 4) is 0 Å². The molecule has 3 amide bonds. The second kappa shape index (κ2) is 10.1. The molecule has 0 bridgehead atoms. The molecule has 2 saturated heterocycles. The summed E-state index contributed by atoms with van der Waals surface area (Å²) in [6, 6.07) is 0.336. The van der Waals surface area contributed by atoms with Crippen LogP contribution in [0.1, 0.15) is 53.4 Å². The van der Waals surface area contributed by atoms with Gasteiger partial charge in [0.05, 0.1) is 0 Å². The van der Waals surface area contributed by atoms with Gasteiger partial charge in [0.25, 0.3) is 0 Å². The lowest BCUT2D eigenvalue weighted by Gasteiger charge is -2.35. The van der Waals surface area contributed by atoms with Crippen molar-refractivity contribution >= 4 is 17.9 Å². The summed E-state index contributed by atoms with van der Waals surface area (Å²) in [7, 11) is 0. The number of carbonyl (C=O) groups excluding carboxylic acids is 3. The standard InChI is InChI=1S/C20H36N4O4/c1-16(22-9-5-6-10-22)15-21-17(25)7-8-18(26)23-11-13-24(14-12-23)19(27)28-20(2,3)4/h16H,5-15H2,1-4H3,(H,21,25).